The quantitative estimate of drug-likeness (QED) is 0.0697. The Balaban J connectivity index is 2.45. The first-order valence-corrected chi connectivity index (χ1v) is 18.9. The van der Waals surface area contributed by atoms with Crippen LogP contribution >= 0.6 is 0 Å². The van der Waals surface area contributed by atoms with Gasteiger partial charge in [-0.3, -0.25) is 0 Å². The Morgan fingerprint density at radius 3 is 1.77 bits per heavy atom. The van der Waals surface area contributed by atoms with Crippen molar-refractivity contribution in [3.05, 3.63) is 130 Å². The molecule has 0 radical (unpaired) electrons. The monoisotopic (exact) mass is 719 g/mol. The maximum absolute atomic E-state index is 10.3. The van der Waals surface area contributed by atoms with Crippen molar-refractivity contribution in [2.45, 2.75) is 150 Å². The molecule has 0 bridgehead atoms. The molecule has 0 saturated carbocycles. The Kier molecular flexibility index (Phi) is 23.3. The summed E-state index contributed by atoms with van der Waals surface area (Å²) in [5, 5.41) is 39.7. The van der Waals surface area contributed by atoms with Crippen LogP contribution in [0, 0.1) is 0 Å². The smallest absolute Gasteiger partial charge is 0.187 e. The van der Waals surface area contributed by atoms with E-state index < -0.39 is 42.9 Å². The van der Waals surface area contributed by atoms with Crippen LogP contribution in [0.1, 0.15) is 114 Å². The lowest BCUT2D eigenvalue weighted by Gasteiger charge is -2.42. The van der Waals surface area contributed by atoms with E-state index in [4.69, 9.17) is 9.47 Å². The van der Waals surface area contributed by atoms with Crippen LogP contribution in [0.15, 0.2) is 130 Å². The number of hydrogen-bond donors (Lipinski definition) is 4. The highest BCUT2D eigenvalue weighted by molar-refractivity contribution is 5.30. The molecule has 1 heterocycles. The zero-order valence-electron chi connectivity index (χ0n) is 33.8. The van der Waals surface area contributed by atoms with Gasteiger partial charge < -0.3 is 29.9 Å². The molecule has 0 spiro atoms. The molecular formula is C46H70O6. The number of ether oxygens (including phenoxy) is 2. The lowest BCUT2D eigenvalue weighted by molar-refractivity contribution is -0.323. The minimum absolute atomic E-state index is 0.478. The van der Waals surface area contributed by atoms with Gasteiger partial charge in [-0.1, -0.05) is 130 Å². The molecular weight excluding hydrogens is 649 g/mol. The molecule has 1 aliphatic rings. The first kappa shape index (κ1) is 46.9. The summed E-state index contributed by atoms with van der Waals surface area (Å²) in [5.74, 6) is 0. The van der Waals surface area contributed by atoms with E-state index in [0.717, 1.165) is 44.1 Å². The molecule has 5 atom stereocenters. The Labute approximate surface area is 316 Å². The Morgan fingerprint density at radius 2 is 1.12 bits per heavy atom. The predicted molar refractivity (Wildman–Crippen MR) is 220 cm³/mol. The third-order valence-corrected chi connectivity index (χ3v) is 8.77. The molecule has 0 aliphatic carbocycles. The van der Waals surface area contributed by atoms with Crippen LogP contribution in [-0.4, -0.2) is 63.3 Å². The molecule has 1 saturated heterocycles. The summed E-state index contributed by atoms with van der Waals surface area (Å²) in [4.78, 5) is 0. The Hall–Kier alpha value is -3.10. The van der Waals surface area contributed by atoms with E-state index in [0.29, 0.717) is 6.42 Å². The van der Waals surface area contributed by atoms with Crippen LogP contribution < -0.4 is 0 Å². The average Bonchev–Trinajstić information content (AvgIpc) is 3.06. The SMILES string of the molecule is CC(C)=C/C=C/C(C)=C/CC/C(C)=C/CC/C(C)=C/C=C/C=C(C)/C=C/C=C(C)/C=C/C=C(\C)CCCC(C)(C)O[C@@H]1O[C@H](CO)[C@@H](O)[C@H](O)[C@H]1O. The van der Waals surface area contributed by atoms with E-state index in [1.54, 1.807) is 0 Å². The summed E-state index contributed by atoms with van der Waals surface area (Å²) in [6.07, 6.45) is 32.6. The fraction of sp³-hybridized carbons (Fsp3) is 0.522. The van der Waals surface area contributed by atoms with E-state index >= 15 is 0 Å². The van der Waals surface area contributed by atoms with Crippen LogP contribution in [0.5, 0.6) is 0 Å². The second kappa shape index (κ2) is 25.8. The maximum Gasteiger partial charge on any atom is 0.187 e. The third-order valence-electron chi connectivity index (χ3n) is 8.77. The summed E-state index contributed by atoms with van der Waals surface area (Å²) < 4.78 is 11.5. The summed E-state index contributed by atoms with van der Waals surface area (Å²) >= 11 is 0. The lowest BCUT2D eigenvalue weighted by atomic mass is 9.96. The molecule has 1 fully saturated rings. The lowest BCUT2D eigenvalue weighted by Crippen LogP contribution is -2.60. The van der Waals surface area contributed by atoms with Gasteiger partial charge in [0.25, 0.3) is 0 Å². The van der Waals surface area contributed by atoms with Gasteiger partial charge in [0, 0.05) is 0 Å². The highest BCUT2D eigenvalue weighted by Crippen LogP contribution is 2.28. The predicted octanol–water partition coefficient (Wildman–Crippen LogP) is 10.2. The van der Waals surface area contributed by atoms with Gasteiger partial charge in [0.15, 0.2) is 6.29 Å². The second-order valence-corrected chi connectivity index (χ2v) is 15.1. The molecule has 6 nitrogen and oxygen atoms in total. The fourth-order valence-corrected chi connectivity index (χ4v) is 5.39. The fourth-order valence-electron chi connectivity index (χ4n) is 5.39. The summed E-state index contributed by atoms with van der Waals surface area (Å²) in [6, 6.07) is 0. The summed E-state index contributed by atoms with van der Waals surface area (Å²) in [6.45, 7) is 20.4. The molecule has 52 heavy (non-hydrogen) atoms. The van der Waals surface area contributed by atoms with Gasteiger partial charge in [0.1, 0.15) is 24.4 Å². The number of aliphatic hydroxyl groups is 4. The van der Waals surface area contributed by atoms with Crippen LogP contribution in [0.4, 0.5) is 0 Å². The zero-order chi connectivity index (χ0) is 39.1. The molecule has 0 aromatic heterocycles. The van der Waals surface area contributed by atoms with Crippen LogP contribution in [-0.2, 0) is 9.47 Å². The number of rotatable bonds is 21. The second-order valence-electron chi connectivity index (χ2n) is 15.1. The van der Waals surface area contributed by atoms with Crippen molar-refractivity contribution in [3.8, 4) is 0 Å². The van der Waals surface area contributed by atoms with Crippen molar-refractivity contribution in [2.75, 3.05) is 6.61 Å². The number of hydrogen-bond acceptors (Lipinski definition) is 6. The van der Waals surface area contributed by atoms with E-state index in [1.807, 2.05) is 13.8 Å². The minimum atomic E-state index is -1.45. The first-order valence-electron chi connectivity index (χ1n) is 18.9. The molecule has 0 aromatic rings. The van der Waals surface area contributed by atoms with Crippen molar-refractivity contribution in [1.29, 1.82) is 0 Å². The number of aliphatic hydroxyl groups excluding tert-OH is 4. The molecule has 290 valence electrons. The molecule has 0 aromatic carbocycles. The summed E-state index contributed by atoms with van der Waals surface area (Å²) in [7, 11) is 0. The highest BCUT2D eigenvalue weighted by Gasteiger charge is 2.45. The largest absolute Gasteiger partial charge is 0.394 e. The van der Waals surface area contributed by atoms with Crippen LogP contribution in [0.25, 0.3) is 0 Å². The van der Waals surface area contributed by atoms with Crippen molar-refractivity contribution in [2.24, 2.45) is 0 Å². The van der Waals surface area contributed by atoms with Crippen LogP contribution in [0.3, 0.4) is 0 Å². The van der Waals surface area contributed by atoms with Crippen molar-refractivity contribution in [3.63, 3.8) is 0 Å². The first-order chi connectivity index (χ1) is 24.5. The van der Waals surface area contributed by atoms with Gasteiger partial charge in [-0.15, -0.1) is 0 Å². The minimum Gasteiger partial charge on any atom is -0.394 e. The maximum atomic E-state index is 10.3. The average molecular weight is 719 g/mol. The van der Waals surface area contributed by atoms with Gasteiger partial charge in [0.2, 0.25) is 0 Å². The van der Waals surface area contributed by atoms with Gasteiger partial charge in [0.05, 0.1) is 12.2 Å². The molecule has 1 aliphatic heterocycles. The van der Waals surface area contributed by atoms with Crippen molar-refractivity contribution in [1.82, 2.24) is 0 Å². The van der Waals surface area contributed by atoms with Gasteiger partial charge in [-0.2, -0.15) is 0 Å². The van der Waals surface area contributed by atoms with E-state index in [2.05, 4.69) is 147 Å². The topological polar surface area (TPSA) is 99.4 Å². The Morgan fingerprint density at radius 1 is 0.596 bits per heavy atom. The Bertz CT molecular complexity index is 1400. The van der Waals surface area contributed by atoms with Gasteiger partial charge in [-0.25, -0.2) is 0 Å². The molecule has 0 amide bonds. The van der Waals surface area contributed by atoms with E-state index in [9.17, 15) is 20.4 Å². The molecule has 6 heteroatoms. The third kappa shape index (κ3) is 21.4. The van der Waals surface area contributed by atoms with Crippen molar-refractivity contribution < 1.29 is 29.9 Å². The van der Waals surface area contributed by atoms with Crippen LogP contribution in [0.2, 0.25) is 0 Å². The highest BCUT2D eigenvalue weighted by atomic mass is 16.7. The normalized spacial score (nSPS) is 23.6. The summed E-state index contributed by atoms with van der Waals surface area (Å²) in [5.41, 5.74) is 8.39. The van der Waals surface area contributed by atoms with Gasteiger partial charge >= 0.3 is 0 Å². The zero-order valence-corrected chi connectivity index (χ0v) is 33.8. The van der Waals surface area contributed by atoms with E-state index in [1.165, 1.54) is 33.4 Å². The van der Waals surface area contributed by atoms with E-state index in [-0.39, 0.29) is 0 Å². The van der Waals surface area contributed by atoms with Crippen molar-refractivity contribution >= 4 is 0 Å². The number of allylic oxidation sites excluding steroid dienone is 22. The molecule has 4 N–H and O–H groups in total. The standard InChI is InChI=1S/C46H70O6/c1-34(2)19-13-22-37(5)25-16-28-38(6)26-14-23-35(3)20-11-12-21-36(4)24-15-27-39(7)29-17-30-40(8)31-18-32-46(9,10)52-45-44(50)43(49)42(48)41(33-47)51-45/h11-13,15,17,19-22,24-27,29-30,41-45,47-50H,14,16,18,23,28,31-33H2,1-10H3/b12-11+,22-13+,24-15+,29-17+,35-20+,36-21+,37-25+,38-26+,39-27+,40-30+/t41-,42-,43+,44-,45+/m1/s1. The molecule has 0 unspecified atom stereocenters. The molecule has 1 rings (SSSR count). The van der Waals surface area contributed by atoms with Gasteiger partial charge in [-0.05, 0) is 114 Å².